The third-order valence-corrected chi connectivity index (χ3v) is 6.89. The lowest BCUT2D eigenvalue weighted by molar-refractivity contribution is -0.120. The summed E-state index contributed by atoms with van der Waals surface area (Å²) >= 11 is 0. The van der Waals surface area contributed by atoms with Gasteiger partial charge in [-0.15, -0.1) is 0 Å². The minimum atomic E-state index is -0.571. The summed E-state index contributed by atoms with van der Waals surface area (Å²) in [7, 11) is 0. The number of amides is 3. The van der Waals surface area contributed by atoms with Crippen molar-refractivity contribution >= 4 is 34.6 Å². The molecule has 4 aromatic rings. The number of rotatable bonds is 11. The quantitative estimate of drug-likeness (QED) is 0.178. The van der Waals surface area contributed by atoms with Crippen LogP contribution in [-0.4, -0.2) is 24.5 Å². The number of benzene rings is 3. The highest BCUT2D eigenvalue weighted by Crippen LogP contribution is 2.25. The Morgan fingerprint density at radius 3 is 2.50 bits per heavy atom. The highest BCUT2D eigenvalue weighted by molar-refractivity contribution is 6.05. The Morgan fingerprint density at radius 1 is 0.905 bits per heavy atom. The van der Waals surface area contributed by atoms with Gasteiger partial charge in [-0.2, -0.15) is 0 Å². The van der Waals surface area contributed by atoms with E-state index in [1.807, 2.05) is 48.6 Å². The van der Waals surface area contributed by atoms with Gasteiger partial charge in [-0.05, 0) is 43.0 Å². The molecule has 0 fully saturated rings. The number of alkyl carbamates (subject to hydrolysis) is 1. The van der Waals surface area contributed by atoms with Crippen LogP contribution in [0.4, 0.5) is 10.5 Å². The SMILES string of the molecule is O=C(CCCCNC(=O)OCc1ccccc1NC(=O)c1cc2ccccc2o1)NC1=CCC(c2ccccc2)C=[C]1. The molecule has 1 atom stereocenters. The van der Waals surface area contributed by atoms with Crippen molar-refractivity contribution < 1.29 is 23.5 Å². The first-order valence-corrected chi connectivity index (χ1v) is 14.0. The van der Waals surface area contributed by atoms with Gasteiger partial charge >= 0.3 is 6.09 Å². The Morgan fingerprint density at radius 2 is 1.69 bits per heavy atom. The van der Waals surface area contributed by atoms with Crippen LogP contribution < -0.4 is 16.0 Å². The smallest absolute Gasteiger partial charge is 0.407 e. The fourth-order valence-corrected chi connectivity index (χ4v) is 4.64. The number of carbonyl (C=O) groups is 3. The minimum Gasteiger partial charge on any atom is -0.451 e. The zero-order chi connectivity index (χ0) is 29.1. The first-order valence-electron chi connectivity index (χ1n) is 14.0. The summed E-state index contributed by atoms with van der Waals surface area (Å²) in [5, 5.41) is 9.27. The van der Waals surface area contributed by atoms with E-state index < -0.39 is 12.0 Å². The number of para-hydroxylation sites is 2. The molecule has 1 heterocycles. The second-order valence-corrected chi connectivity index (χ2v) is 9.95. The van der Waals surface area contributed by atoms with Crippen molar-refractivity contribution in [2.24, 2.45) is 0 Å². The average molecular weight is 563 g/mol. The average Bonchev–Trinajstić information content (AvgIpc) is 3.46. The molecule has 0 saturated carbocycles. The molecule has 42 heavy (non-hydrogen) atoms. The lowest BCUT2D eigenvalue weighted by Gasteiger charge is -2.16. The number of hydrogen-bond acceptors (Lipinski definition) is 5. The maximum absolute atomic E-state index is 12.7. The van der Waals surface area contributed by atoms with E-state index in [1.165, 1.54) is 5.56 Å². The van der Waals surface area contributed by atoms with Gasteiger partial charge in [0.05, 0.1) is 0 Å². The van der Waals surface area contributed by atoms with Gasteiger partial charge in [0.25, 0.3) is 5.91 Å². The Hall–Kier alpha value is -5.11. The largest absolute Gasteiger partial charge is 0.451 e. The number of furan rings is 1. The number of ether oxygens (including phenoxy) is 1. The van der Waals surface area contributed by atoms with Crippen molar-refractivity contribution in [2.75, 3.05) is 11.9 Å². The topological polar surface area (TPSA) is 110 Å². The minimum absolute atomic E-state index is 0.0188. The van der Waals surface area contributed by atoms with Gasteiger partial charge in [0.15, 0.2) is 5.76 Å². The van der Waals surface area contributed by atoms with Crippen molar-refractivity contribution in [3.8, 4) is 0 Å². The molecule has 0 aliphatic heterocycles. The van der Waals surface area contributed by atoms with E-state index in [2.05, 4.69) is 34.2 Å². The van der Waals surface area contributed by atoms with Crippen LogP contribution in [0.15, 0.2) is 107 Å². The molecule has 5 rings (SSSR count). The molecule has 1 aliphatic carbocycles. The monoisotopic (exact) mass is 562 g/mol. The molecule has 1 unspecified atom stereocenters. The number of fused-ring (bicyclic) bond motifs is 1. The maximum atomic E-state index is 12.7. The number of anilines is 1. The van der Waals surface area contributed by atoms with Crippen LogP contribution in [0, 0.1) is 6.08 Å². The second kappa shape index (κ2) is 14.0. The molecular weight excluding hydrogens is 530 g/mol. The van der Waals surface area contributed by atoms with Crippen molar-refractivity contribution in [3.63, 3.8) is 0 Å². The van der Waals surface area contributed by atoms with Gasteiger partial charge in [-0.3, -0.25) is 9.59 Å². The van der Waals surface area contributed by atoms with E-state index in [0.717, 1.165) is 11.8 Å². The Bertz CT molecular complexity index is 1570. The Kier molecular flexibility index (Phi) is 9.46. The van der Waals surface area contributed by atoms with Crippen molar-refractivity contribution in [1.29, 1.82) is 0 Å². The molecule has 1 aliphatic rings. The maximum Gasteiger partial charge on any atom is 0.407 e. The first kappa shape index (κ1) is 28.4. The summed E-state index contributed by atoms with van der Waals surface area (Å²) in [6.07, 6.45) is 8.99. The molecule has 0 spiro atoms. The molecule has 3 N–H and O–H groups in total. The Labute approximate surface area is 244 Å². The summed E-state index contributed by atoms with van der Waals surface area (Å²) in [5.41, 5.74) is 3.73. The normalized spacial score (nSPS) is 14.2. The number of carbonyl (C=O) groups excluding carboxylic acids is 3. The van der Waals surface area contributed by atoms with E-state index in [-0.39, 0.29) is 24.2 Å². The van der Waals surface area contributed by atoms with Crippen LogP contribution in [0.25, 0.3) is 11.0 Å². The molecule has 213 valence electrons. The van der Waals surface area contributed by atoms with Gasteiger partial charge in [-0.25, -0.2) is 4.79 Å². The van der Waals surface area contributed by atoms with Crippen LogP contribution in [0.1, 0.15) is 53.3 Å². The number of hydrogen-bond donors (Lipinski definition) is 3. The van der Waals surface area contributed by atoms with Gasteiger partial charge in [0.2, 0.25) is 5.91 Å². The molecule has 1 aromatic heterocycles. The zero-order valence-corrected chi connectivity index (χ0v) is 23.1. The number of unbranched alkanes of at least 4 members (excludes halogenated alkanes) is 1. The lowest BCUT2D eigenvalue weighted by Crippen LogP contribution is -2.26. The van der Waals surface area contributed by atoms with Crippen molar-refractivity contribution in [1.82, 2.24) is 10.6 Å². The number of allylic oxidation sites excluding steroid dienone is 3. The predicted octanol–water partition coefficient (Wildman–Crippen LogP) is 6.63. The summed E-state index contributed by atoms with van der Waals surface area (Å²) in [6, 6.07) is 26.4. The lowest BCUT2D eigenvalue weighted by atomic mass is 9.92. The zero-order valence-electron chi connectivity index (χ0n) is 23.1. The third kappa shape index (κ3) is 7.75. The Balaban J connectivity index is 0.985. The first-order chi connectivity index (χ1) is 20.5. The van der Waals surface area contributed by atoms with Crippen LogP contribution in [0.5, 0.6) is 0 Å². The van der Waals surface area contributed by atoms with Crippen LogP contribution in [0.3, 0.4) is 0 Å². The fourth-order valence-electron chi connectivity index (χ4n) is 4.64. The molecule has 8 nitrogen and oxygen atoms in total. The fraction of sp³-hybridized carbons (Fsp3) is 0.206. The summed E-state index contributed by atoms with van der Waals surface area (Å²) in [4.78, 5) is 37.3. The summed E-state index contributed by atoms with van der Waals surface area (Å²) < 4.78 is 11.0. The van der Waals surface area contributed by atoms with E-state index in [0.29, 0.717) is 48.3 Å². The molecule has 0 saturated heterocycles. The molecular formula is C34H32N3O5. The van der Waals surface area contributed by atoms with Gasteiger partial charge < -0.3 is 25.1 Å². The van der Waals surface area contributed by atoms with E-state index in [9.17, 15) is 14.4 Å². The van der Waals surface area contributed by atoms with E-state index in [1.54, 1.807) is 36.4 Å². The van der Waals surface area contributed by atoms with Crippen LogP contribution in [-0.2, 0) is 16.1 Å². The van der Waals surface area contributed by atoms with Crippen LogP contribution in [0.2, 0.25) is 0 Å². The molecule has 3 amide bonds. The van der Waals surface area contributed by atoms with Crippen LogP contribution >= 0.6 is 0 Å². The van der Waals surface area contributed by atoms with Gasteiger partial charge in [-0.1, -0.05) is 78.9 Å². The predicted molar refractivity (Wildman–Crippen MR) is 160 cm³/mol. The highest BCUT2D eigenvalue weighted by atomic mass is 16.5. The molecule has 0 bridgehead atoms. The summed E-state index contributed by atoms with van der Waals surface area (Å²) in [6.45, 7) is 0.360. The van der Waals surface area contributed by atoms with Gasteiger partial charge in [0, 0.05) is 47.3 Å². The molecule has 8 heteroatoms. The molecule has 3 aromatic carbocycles. The third-order valence-electron chi connectivity index (χ3n) is 6.89. The standard InChI is InChI=1S/C34H32N3O5/c38-32(36-28-19-17-25(18-20-28)24-10-2-1-3-11-24)16-8-9-21-35-34(40)41-23-27-13-4-6-14-29(27)37-33(39)31-22-26-12-5-7-15-30(26)42-31/h1-7,10-15,17,20,22,25H,8-9,16,18,21,23H2,(H,35,40)(H,36,38)(H,37,39). The van der Waals surface area contributed by atoms with E-state index >= 15 is 0 Å². The second-order valence-electron chi connectivity index (χ2n) is 9.95. The number of nitrogens with one attached hydrogen (secondary N) is 3. The highest BCUT2D eigenvalue weighted by Gasteiger charge is 2.15. The van der Waals surface area contributed by atoms with Crippen molar-refractivity contribution in [2.45, 2.75) is 38.2 Å². The van der Waals surface area contributed by atoms with Crippen molar-refractivity contribution in [3.05, 3.63) is 126 Å². The van der Waals surface area contributed by atoms with Gasteiger partial charge in [0.1, 0.15) is 12.2 Å². The summed E-state index contributed by atoms with van der Waals surface area (Å²) in [5.74, 6) is -0.00548. The molecule has 1 radical (unpaired) electrons. The van der Waals surface area contributed by atoms with E-state index in [4.69, 9.17) is 9.15 Å².